The molecular weight excluding hydrogens is 941 g/mol. The number of anilines is 2. The molecule has 382 valence electrons. The van der Waals surface area contributed by atoms with Crippen LogP contribution in [0.3, 0.4) is 0 Å². The quantitative estimate of drug-likeness (QED) is 0.0987. The monoisotopic (exact) mass is 1000 g/mol. The molecule has 16 nitrogen and oxygen atoms in total. The van der Waals surface area contributed by atoms with Crippen LogP contribution in [0.5, 0.6) is 0 Å². The maximum atomic E-state index is 12.8. The van der Waals surface area contributed by atoms with Gasteiger partial charge in [-0.3, -0.25) is 37.9 Å². The van der Waals surface area contributed by atoms with Crippen molar-refractivity contribution in [1.29, 1.82) is 0 Å². The second-order valence-corrected chi connectivity index (χ2v) is 18.4. The Balaban J connectivity index is 0.000000194. The van der Waals surface area contributed by atoms with Gasteiger partial charge in [-0.25, -0.2) is 19.9 Å². The highest BCUT2D eigenvalue weighted by Gasteiger charge is 2.36. The van der Waals surface area contributed by atoms with E-state index in [-0.39, 0.29) is 50.6 Å². The van der Waals surface area contributed by atoms with Crippen molar-refractivity contribution in [1.82, 2.24) is 48.5 Å². The summed E-state index contributed by atoms with van der Waals surface area (Å²) >= 11 is 0. The fourth-order valence-corrected chi connectivity index (χ4v) is 9.89. The van der Waals surface area contributed by atoms with Crippen LogP contribution < -0.4 is 10.6 Å². The number of aryl methyl sites for hydroxylation is 2. The van der Waals surface area contributed by atoms with E-state index in [0.717, 1.165) is 107 Å². The molecule has 0 radical (unpaired) electrons. The van der Waals surface area contributed by atoms with Gasteiger partial charge in [0.2, 0.25) is 5.91 Å². The first-order chi connectivity index (χ1) is 35.6. The maximum absolute atomic E-state index is 12.8. The fourth-order valence-electron chi connectivity index (χ4n) is 9.89. The molecule has 75 heavy (non-hydrogen) atoms. The highest BCUT2D eigenvalue weighted by Crippen LogP contribution is 2.44. The summed E-state index contributed by atoms with van der Waals surface area (Å²) in [5.74, 6) is 7.84. The Morgan fingerprint density at radius 1 is 0.653 bits per heavy atom. The second-order valence-electron chi connectivity index (χ2n) is 18.4. The van der Waals surface area contributed by atoms with Gasteiger partial charge in [0.15, 0.2) is 0 Å². The van der Waals surface area contributed by atoms with Crippen LogP contribution >= 0.6 is 0 Å². The van der Waals surface area contributed by atoms with Gasteiger partial charge in [-0.1, -0.05) is 63.8 Å². The van der Waals surface area contributed by atoms with Gasteiger partial charge in [0, 0.05) is 77.9 Å². The first-order valence-electron chi connectivity index (χ1n) is 24.6. The number of carbonyl (C=O) groups excluding carboxylic acids is 4. The Labute approximate surface area is 437 Å². The molecule has 2 saturated heterocycles. The molecule has 6 aromatic heterocycles. The lowest BCUT2D eigenvalue weighted by molar-refractivity contribution is -0.129. The summed E-state index contributed by atoms with van der Waals surface area (Å²) in [4.78, 5) is 82.3. The molecule has 0 bridgehead atoms. The third-order valence-corrected chi connectivity index (χ3v) is 13.6. The van der Waals surface area contributed by atoms with Gasteiger partial charge in [0.25, 0.3) is 17.7 Å². The van der Waals surface area contributed by atoms with E-state index in [9.17, 15) is 19.2 Å². The summed E-state index contributed by atoms with van der Waals surface area (Å²) in [6, 6.07) is 25.3. The molecule has 2 atom stereocenters. The van der Waals surface area contributed by atoms with Crippen LogP contribution in [-0.2, 0) is 9.59 Å². The Bertz CT molecular complexity index is 3450. The van der Waals surface area contributed by atoms with Crippen LogP contribution in [0, 0.1) is 25.7 Å². The van der Waals surface area contributed by atoms with Crippen LogP contribution in [0.1, 0.15) is 134 Å². The predicted molar refractivity (Wildman–Crippen MR) is 292 cm³/mol. The topological polar surface area (TPSA) is 185 Å². The highest BCUT2D eigenvalue weighted by atomic mass is 16.2. The average Bonchev–Trinajstić information content (AvgIpc) is 3.83. The molecule has 1 aliphatic carbocycles. The minimum absolute atomic E-state index is 0. The number of aromatic nitrogens is 8. The van der Waals surface area contributed by atoms with E-state index < -0.39 is 0 Å². The SMILES string of the molecule is C.C.C=CC(=O)N1CCC[C@H]1c1nc(-c2ccc(C(=O)Nc3ccccn3)cc2)c2c(C3CC3)nccn12.CC#CC(=O)N1CCCC[C@H]1c1nc(-c2ccc(C(=O)Nc3ccccn3)cc2)c2c(C)ncc(C)n12. The van der Waals surface area contributed by atoms with Gasteiger partial charge in [-0.2, -0.15) is 0 Å². The highest BCUT2D eigenvalue weighted by molar-refractivity contribution is 6.05. The third-order valence-electron chi connectivity index (χ3n) is 13.6. The number of piperidine rings is 1. The number of benzene rings is 2. The van der Waals surface area contributed by atoms with Gasteiger partial charge >= 0.3 is 0 Å². The molecule has 2 aromatic carbocycles. The van der Waals surface area contributed by atoms with Crippen molar-refractivity contribution in [2.24, 2.45) is 0 Å². The Kier molecular flexibility index (Phi) is 16.0. The molecule has 3 fully saturated rings. The lowest BCUT2D eigenvalue weighted by Crippen LogP contribution is -2.38. The number of amides is 4. The largest absolute Gasteiger partial charge is 0.329 e. The van der Waals surface area contributed by atoms with Crippen LogP contribution in [0.2, 0.25) is 0 Å². The second kappa shape index (κ2) is 22.9. The third kappa shape index (κ3) is 10.8. The first-order valence-corrected chi connectivity index (χ1v) is 24.6. The lowest BCUT2D eigenvalue weighted by Gasteiger charge is -2.33. The smallest absolute Gasteiger partial charge is 0.299 e. The van der Waals surface area contributed by atoms with Crippen molar-refractivity contribution in [3.8, 4) is 34.4 Å². The maximum Gasteiger partial charge on any atom is 0.299 e. The van der Waals surface area contributed by atoms with Crippen LogP contribution in [0.4, 0.5) is 11.6 Å². The number of hydrogen-bond acceptors (Lipinski definition) is 10. The molecule has 8 aromatic rings. The number of likely N-dealkylation sites (tertiary alicyclic amines) is 2. The molecule has 1 saturated carbocycles. The fraction of sp³-hybridized carbons (Fsp3) is 0.288. The number of pyridine rings is 2. The van der Waals surface area contributed by atoms with E-state index in [2.05, 4.69) is 52.8 Å². The summed E-state index contributed by atoms with van der Waals surface area (Å²) in [5.41, 5.74) is 9.16. The summed E-state index contributed by atoms with van der Waals surface area (Å²) < 4.78 is 4.23. The van der Waals surface area contributed by atoms with E-state index in [1.807, 2.05) is 78.6 Å². The van der Waals surface area contributed by atoms with Crippen LogP contribution in [-0.4, -0.2) is 85.2 Å². The van der Waals surface area contributed by atoms with Crippen molar-refractivity contribution in [3.63, 3.8) is 0 Å². The van der Waals surface area contributed by atoms with Crippen LogP contribution in [0.25, 0.3) is 33.5 Å². The zero-order valence-corrected chi connectivity index (χ0v) is 41.0. The molecule has 8 heterocycles. The molecule has 16 heteroatoms. The van der Waals surface area contributed by atoms with Crippen molar-refractivity contribution < 1.29 is 19.2 Å². The molecule has 2 N–H and O–H groups in total. The Morgan fingerprint density at radius 3 is 1.80 bits per heavy atom. The zero-order valence-electron chi connectivity index (χ0n) is 41.0. The molecule has 2 aliphatic heterocycles. The number of imidazole rings is 2. The van der Waals surface area contributed by atoms with Crippen molar-refractivity contribution in [2.75, 3.05) is 23.7 Å². The first kappa shape index (κ1) is 52.5. The minimum Gasteiger partial charge on any atom is -0.329 e. The Morgan fingerprint density at radius 2 is 1.23 bits per heavy atom. The summed E-state index contributed by atoms with van der Waals surface area (Å²) in [7, 11) is 0. The number of nitrogens with one attached hydrogen (secondary N) is 2. The van der Waals surface area contributed by atoms with Crippen molar-refractivity contribution >= 4 is 46.3 Å². The zero-order chi connectivity index (χ0) is 50.6. The van der Waals surface area contributed by atoms with Crippen molar-refractivity contribution in [3.05, 3.63) is 168 Å². The molecular formula is C59H62N12O4. The lowest BCUT2D eigenvalue weighted by atomic mass is 10.0. The number of fused-ring (bicyclic) bond motifs is 2. The summed E-state index contributed by atoms with van der Waals surface area (Å²) in [6.45, 7) is 10.7. The standard InChI is InChI=1S/C29H28N6O2.C28H26N6O2.2CH4/c1-4-9-25(36)34-17-8-6-10-23(34)28-33-26(27-20(3)31-18-19(2)35(27)28)21-12-14-22(15-13-21)29(37)32-24-11-5-7-16-30-24;1-2-23(35)33-16-5-6-21(33)27-32-25(26-24(18-8-9-18)30-15-17-34(26)27)19-10-12-20(13-11-19)28(36)31-22-7-3-4-14-29-22;;/h5,7,11-16,18,23H,6,8,10,17H2,1-3H3,(H,30,32,37);2-4,7,10-15,17-18,21H,1,5-6,8-9,16H2,(H,29,31,36);2*1H4/t23-;21-;;/m00../s1. The van der Waals surface area contributed by atoms with Crippen LogP contribution in [0.15, 0.2) is 129 Å². The van der Waals surface area contributed by atoms with E-state index in [1.54, 1.807) is 67.8 Å². The van der Waals surface area contributed by atoms with E-state index in [1.165, 1.54) is 6.08 Å². The normalized spacial score (nSPS) is 15.8. The molecule has 3 aliphatic rings. The predicted octanol–water partition coefficient (Wildman–Crippen LogP) is 10.8. The molecule has 0 unspecified atom stereocenters. The van der Waals surface area contributed by atoms with E-state index in [0.29, 0.717) is 41.8 Å². The van der Waals surface area contributed by atoms with Gasteiger partial charge in [0.1, 0.15) is 23.3 Å². The number of hydrogen-bond donors (Lipinski definition) is 2. The average molecular weight is 1000 g/mol. The number of nitrogens with zero attached hydrogens (tertiary/aromatic N) is 10. The summed E-state index contributed by atoms with van der Waals surface area (Å²) in [5, 5.41) is 5.62. The van der Waals surface area contributed by atoms with E-state index in [4.69, 9.17) is 15.0 Å². The Hall–Kier alpha value is -8.84. The van der Waals surface area contributed by atoms with E-state index >= 15 is 0 Å². The molecule has 4 amide bonds. The number of rotatable bonds is 10. The number of carbonyl (C=O) groups is 4. The molecule has 11 rings (SSSR count). The van der Waals surface area contributed by atoms with Gasteiger partial charge in [0.05, 0.1) is 45.9 Å². The summed E-state index contributed by atoms with van der Waals surface area (Å²) in [6.07, 6.45) is 17.1. The minimum atomic E-state index is -0.234. The molecule has 0 spiro atoms. The van der Waals surface area contributed by atoms with Gasteiger partial charge in [-0.15, -0.1) is 0 Å². The van der Waals surface area contributed by atoms with Gasteiger partial charge in [-0.05, 0) is 126 Å². The van der Waals surface area contributed by atoms with Gasteiger partial charge < -0.3 is 20.4 Å². The van der Waals surface area contributed by atoms with Crippen molar-refractivity contribution in [2.45, 2.75) is 98.6 Å².